The summed E-state index contributed by atoms with van der Waals surface area (Å²) in [5.41, 5.74) is 0.508. The summed E-state index contributed by atoms with van der Waals surface area (Å²) < 4.78 is 22.5. The number of benzene rings is 1. The maximum atomic E-state index is 12.1. The number of carbonyl (C=O) groups is 1. The van der Waals surface area contributed by atoms with Gasteiger partial charge in [0.15, 0.2) is 0 Å². The van der Waals surface area contributed by atoms with Crippen LogP contribution in [0.5, 0.6) is 0 Å². The summed E-state index contributed by atoms with van der Waals surface area (Å²) in [6.07, 6.45) is 1.00. The van der Waals surface area contributed by atoms with Crippen LogP contribution >= 0.6 is 0 Å². The van der Waals surface area contributed by atoms with E-state index in [1.54, 1.807) is 0 Å². The van der Waals surface area contributed by atoms with Crippen molar-refractivity contribution >= 4 is 21.7 Å². The minimum Gasteiger partial charge on any atom is -0.336 e. The first-order chi connectivity index (χ1) is 11.7. The first-order valence-electron chi connectivity index (χ1n) is 8.59. The van der Waals surface area contributed by atoms with Gasteiger partial charge in [0, 0.05) is 18.3 Å². The Morgan fingerprint density at radius 1 is 1.16 bits per heavy atom. The molecule has 0 radical (unpaired) electrons. The third-order valence-electron chi connectivity index (χ3n) is 4.01. The van der Waals surface area contributed by atoms with E-state index in [4.69, 9.17) is 5.14 Å². The third-order valence-corrected chi connectivity index (χ3v) is 4.94. The summed E-state index contributed by atoms with van der Waals surface area (Å²) in [4.78, 5) is 14.4. The molecule has 1 atom stereocenters. The van der Waals surface area contributed by atoms with Gasteiger partial charge in [-0.1, -0.05) is 27.7 Å². The second kappa shape index (κ2) is 9.74. The second-order valence-electron chi connectivity index (χ2n) is 6.41. The maximum Gasteiger partial charge on any atom is 0.319 e. The van der Waals surface area contributed by atoms with Crippen LogP contribution in [0.1, 0.15) is 34.1 Å². The monoisotopic (exact) mass is 370 g/mol. The molecule has 0 aliphatic heterocycles. The van der Waals surface area contributed by atoms with Gasteiger partial charge in [0.05, 0.1) is 4.90 Å². The highest BCUT2D eigenvalue weighted by Crippen LogP contribution is 2.13. The molecule has 0 spiro atoms. The van der Waals surface area contributed by atoms with E-state index in [9.17, 15) is 13.2 Å². The van der Waals surface area contributed by atoms with Gasteiger partial charge in [0.1, 0.15) is 0 Å². The quantitative estimate of drug-likeness (QED) is 0.620. The molecule has 0 saturated heterocycles. The first kappa shape index (κ1) is 21.4. The van der Waals surface area contributed by atoms with Crippen molar-refractivity contribution in [3.63, 3.8) is 0 Å². The van der Waals surface area contributed by atoms with Crippen molar-refractivity contribution in [2.45, 2.75) is 45.1 Å². The average Bonchev–Trinajstić information content (AvgIpc) is 2.52. The van der Waals surface area contributed by atoms with Crippen LogP contribution in [-0.2, 0) is 10.0 Å². The van der Waals surface area contributed by atoms with Gasteiger partial charge >= 0.3 is 6.03 Å². The number of hydrogen-bond donors (Lipinski definition) is 3. The van der Waals surface area contributed by atoms with Crippen molar-refractivity contribution < 1.29 is 13.2 Å². The van der Waals surface area contributed by atoms with Gasteiger partial charge < -0.3 is 10.6 Å². The minimum absolute atomic E-state index is 0.0111. The van der Waals surface area contributed by atoms with E-state index >= 15 is 0 Å². The molecular formula is C17H30N4O3S. The molecular weight excluding hydrogens is 340 g/mol. The zero-order chi connectivity index (χ0) is 19.0. The predicted octanol–water partition coefficient (Wildman–Crippen LogP) is 2.21. The zero-order valence-electron chi connectivity index (χ0n) is 15.5. The van der Waals surface area contributed by atoms with Gasteiger partial charge in [0.25, 0.3) is 0 Å². The van der Waals surface area contributed by atoms with Gasteiger partial charge in [-0.15, -0.1) is 0 Å². The highest BCUT2D eigenvalue weighted by Gasteiger charge is 2.18. The van der Waals surface area contributed by atoms with Crippen LogP contribution in [0.15, 0.2) is 29.2 Å². The molecule has 142 valence electrons. The standard InChI is InChI=1S/C17H30N4O3S/c1-5-21(6-2)15(11-13(3)4)12-19-17(22)20-14-7-9-16(10-8-14)25(18,23)24/h7-10,13,15H,5-6,11-12H2,1-4H3,(H2,18,23,24)(H2,19,20,22)/t15-/m0/s1. The van der Waals surface area contributed by atoms with E-state index in [2.05, 4.69) is 43.2 Å². The number of rotatable bonds is 9. The Hall–Kier alpha value is -1.64. The number of nitrogens with zero attached hydrogens (tertiary/aromatic N) is 1. The van der Waals surface area contributed by atoms with Crippen molar-refractivity contribution in [1.82, 2.24) is 10.2 Å². The van der Waals surface area contributed by atoms with Crippen molar-refractivity contribution in [3.8, 4) is 0 Å². The van der Waals surface area contributed by atoms with Crippen molar-refractivity contribution in [2.24, 2.45) is 11.1 Å². The summed E-state index contributed by atoms with van der Waals surface area (Å²) in [7, 11) is -3.73. The van der Waals surface area contributed by atoms with Gasteiger partial charge in [-0.25, -0.2) is 18.4 Å². The van der Waals surface area contributed by atoms with E-state index in [-0.39, 0.29) is 17.0 Å². The Labute approximate surface area is 151 Å². The SMILES string of the molecule is CCN(CC)[C@H](CNC(=O)Nc1ccc(S(N)(=O)=O)cc1)CC(C)C. The Morgan fingerprint density at radius 2 is 1.72 bits per heavy atom. The summed E-state index contributed by atoms with van der Waals surface area (Å²) >= 11 is 0. The van der Waals surface area contributed by atoms with Crippen LogP contribution in [-0.4, -0.2) is 45.0 Å². The molecule has 0 saturated carbocycles. The topological polar surface area (TPSA) is 105 Å². The smallest absolute Gasteiger partial charge is 0.319 e. The lowest BCUT2D eigenvalue weighted by atomic mass is 10.0. The lowest BCUT2D eigenvalue weighted by Gasteiger charge is -2.31. The fraction of sp³-hybridized carbons (Fsp3) is 0.588. The number of amides is 2. The number of anilines is 1. The van der Waals surface area contributed by atoms with Crippen molar-refractivity contribution in [2.75, 3.05) is 25.0 Å². The summed E-state index contributed by atoms with van der Waals surface area (Å²) in [5.74, 6) is 0.543. The Balaban J connectivity index is 2.62. The molecule has 0 aliphatic rings. The van der Waals surface area contributed by atoms with Crippen molar-refractivity contribution in [3.05, 3.63) is 24.3 Å². The van der Waals surface area contributed by atoms with Crippen LogP contribution in [0.2, 0.25) is 0 Å². The van der Waals surface area contributed by atoms with Crippen LogP contribution < -0.4 is 15.8 Å². The molecule has 1 rings (SSSR count). The van der Waals surface area contributed by atoms with Crippen LogP contribution in [0, 0.1) is 5.92 Å². The Kier molecular flexibility index (Phi) is 8.34. The van der Waals surface area contributed by atoms with Crippen LogP contribution in [0.25, 0.3) is 0 Å². The number of sulfonamides is 1. The molecule has 7 nitrogen and oxygen atoms in total. The van der Waals surface area contributed by atoms with E-state index in [0.717, 1.165) is 19.5 Å². The third kappa shape index (κ3) is 7.41. The normalized spacial score (nSPS) is 13.1. The minimum atomic E-state index is -3.73. The maximum absolute atomic E-state index is 12.1. The lowest BCUT2D eigenvalue weighted by Crippen LogP contribution is -2.45. The molecule has 0 aromatic heterocycles. The Bertz CT molecular complexity index is 640. The number of nitrogens with one attached hydrogen (secondary N) is 2. The molecule has 1 aromatic carbocycles. The lowest BCUT2D eigenvalue weighted by molar-refractivity contribution is 0.186. The predicted molar refractivity (Wildman–Crippen MR) is 101 cm³/mol. The average molecular weight is 371 g/mol. The van der Waals surface area contributed by atoms with Crippen LogP contribution in [0.4, 0.5) is 10.5 Å². The number of nitrogens with two attached hydrogens (primary N) is 1. The summed E-state index contributed by atoms with van der Waals surface area (Å²) in [6, 6.07) is 5.71. The summed E-state index contributed by atoms with van der Waals surface area (Å²) in [5, 5.41) is 10.6. The number of urea groups is 1. The van der Waals surface area contributed by atoms with E-state index in [1.165, 1.54) is 24.3 Å². The van der Waals surface area contributed by atoms with E-state index in [0.29, 0.717) is 18.2 Å². The van der Waals surface area contributed by atoms with Gasteiger partial charge in [-0.05, 0) is 49.7 Å². The van der Waals surface area contributed by atoms with Gasteiger partial charge in [-0.3, -0.25) is 4.90 Å². The molecule has 4 N–H and O–H groups in total. The Morgan fingerprint density at radius 3 is 2.16 bits per heavy atom. The molecule has 2 amide bonds. The molecule has 0 bridgehead atoms. The van der Waals surface area contributed by atoms with Crippen molar-refractivity contribution in [1.29, 1.82) is 0 Å². The molecule has 0 aliphatic carbocycles. The zero-order valence-corrected chi connectivity index (χ0v) is 16.3. The highest BCUT2D eigenvalue weighted by atomic mass is 32.2. The van der Waals surface area contributed by atoms with E-state index in [1.807, 2.05) is 0 Å². The van der Waals surface area contributed by atoms with Gasteiger partial charge in [0.2, 0.25) is 10.0 Å². The number of hydrogen-bond acceptors (Lipinski definition) is 4. The number of primary sulfonamides is 1. The summed E-state index contributed by atoms with van der Waals surface area (Å²) in [6.45, 7) is 11.0. The fourth-order valence-corrected chi connectivity index (χ4v) is 3.27. The molecule has 8 heteroatoms. The highest BCUT2D eigenvalue weighted by molar-refractivity contribution is 7.89. The number of likely N-dealkylation sites (N-methyl/N-ethyl adjacent to an activating group) is 1. The largest absolute Gasteiger partial charge is 0.336 e. The molecule has 0 heterocycles. The molecule has 1 aromatic rings. The molecule has 0 fully saturated rings. The fourth-order valence-electron chi connectivity index (χ4n) is 2.76. The molecule has 0 unspecified atom stereocenters. The molecule has 25 heavy (non-hydrogen) atoms. The number of carbonyl (C=O) groups excluding carboxylic acids is 1. The van der Waals surface area contributed by atoms with E-state index < -0.39 is 10.0 Å². The second-order valence-corrected chi connectivity index (χ2v) is 7.97. The van der Waals surface area contributed by atoms with Gasteiger partial charge in [-0.2, -0.15) is 0 Å². The first-order valence-corrected chi connectivity index (χ1v) is 10.1. The van der Waals surface area contributed by atoms with Crippen LogP contribution in [0.3, 0.4) is 0 Å².